The molecule has 0 aromatic carbocycles. The van der Waals surface area contributed by atoms with Crippen LogP contribution in [-0.4, -0.2) is 39.9 Å². The van der Waals surface area contributed by atoms with Gasteiger partial charge in [0, 0.05) is 18.6 Å². The summed E-state index contributed by atoms with van der Waals surface area (Å²) in [5, 5.41) is 8.97. The van der Waals surface area contributed by atoms with Gasteiger partial charge in [-0.2, -0.15) is 0 Å². The van der Waals surface area contributed by atoms with Crippen LogP contribution in [0.15, 0.2) is 12.2 Å². The van der Waals surface area contributed by atoms with Gasteiger partial charge in [0.2, 0.25) is 0 Å². The van der Waals surface area contributed by atoms with Crippen molar-refractivity contribution in [2.75, 3.05) is 0 Å². The molecule has 0 aliphatic heterocycles. The molecule has 0 heterocycles. The van der Waals surface area contributed by atoms with Crippen LogP contribution >= 0.6 is 0 Å². The fourth-order valence-electron chi connectivity index (χ4n) is 7.39. The second kappa shape index (κ2) is 21.3. The van der Waals surface area contributed by atoms with Crippen LogP contribution in [0.3, 0.4) is 0 Å². The van der Waals surface area contributed by atoms with Gasteiger partial charge in [-0.1, -0.05) is 99.6 Å². The number of rotatable bonds is 25. The SMILES string of the molecule is CCCCCCC[C@@H](CC[C@@H]1[C@@H](C/C=C\CCCC(=O)O)[C@@H](C)C[C@H]1O[Si](CC)(CC)CC)O[Si](CC)(CC)CC. The van der Waals surface area contributed by atoms with Gasteiger partial charge in [-0.15, -0.1) is 0 Å². The molecule has 242 valence electrons. The predicted octanol–water partition coefficient (Wildman–Crippen LogP) is 11.4. The first-order valence-corrected chi connectivity index (χ1v) is 23.0. The van der Waals surface area contributed by atoms with Crippen LogP contribution < -0.4 is 0 Å². The Kier molecular flexibility index (Phi) is 20.0. The number of aliphatic carboxylic acids is 1. The minimum absolute atomic E-state index is 0.262. The Bertz CT molecular complexity index is 688. The van der Waals surface area contributed by atoms with Gasteiger partial charge in [-0.25, -0.2) is 0 Å². The number of hydrogen-bond donors (Lipinski definition) is 1. The number of carboxylic acid groups (broad SMARTS) is 1. The van der Waals surface area contributed by atoms with Gasteiger partial charge in [0.25, 0.3) is 0 Å². The Balaban J connectivity index is 3.09. The van der Waals surface area contributed by atoms with E-state index in [0.717, 1.165) is 19.3 Å². The summed E-state index contributed by atoms with van der Waals surface area (Å²) in [7, 11) is -3.34. The van der Waals surface area contributed by atoms with Crippen LogP contribution in [0.2, 0.25) is 36.3 Å². The van der Waals surface area contributed by atoms with Crippen LogP contribution in [0.5, 0.6) is 0 Å². The molecule has 5 atom stereocenters. The third-order valence-corrected chi connectivity index (χ3v) is 20.2. The molecule has 0 bridgehead atoms. The normalized spacial score (nSPS) is 22.5. The molecule has 6 heteroatoms. The van der Waals surface area contributed by atoms with E-state index in [1.54, 1.807) is 0 Å². The summed E-state index contributed by atoms with van der Waals surface area (Å²) >= 11 is 0. The zero-order valence-corrected chi connectivity index (χ0v) is 30.6. The third kappa shape index (κ3) is 13.4. The van der Waals surface area contributed by atoms with E-state index in [9.17, 15) is 4.79 Å². The Morgan fingerprint density at radius 1 is 0.805 bits per heavy atom. The molecule has 41 heavy (non-hydrogen) atoms. The molecule has 1 fully saturated rings. The monoisotopic (exact) mass is 610 g/mol. The van der Waals surface area contributed by atoms with Gasteiger partial charge in [0.1, 0.15) is 0 Å². The summed E-state index contributed by atoms with van der Waals surface area (Å²) in [5.41, 5.74) is 0. The molecule has 0 radical (unpaired) electrons. The number of hydrogen-bond acceptors (Lipinski definition) is 3. The topological polar surface area (TPSA) is 55.8 Å². The largest absolute Gasteiger partial charge is 0.481 e. The summed E-state index contributed by atoms with van der Waals surface area (Å²) in [6, 6.07) is 7.33. The zero-order valence-electron chi connectivity index (χ0n) is 28.6. The third-order valence-electron chi connectivity index (χ3n) is 10.8. The molecule has 1 N–H and O–H groups in total. The van der Waals surface area contributed by atoms with E-state index in [1.807, 2.05) is 0 Å². The van der Waals surface area contributed by atoms with Gasteiger partial charge >= 0.3 is 5.97 Å². The number of unbranched alkanes of at least 4 members (excludes halogenated alkanes) is 5. The lowest BCUT2D eigenvalue weighted by Gasteiger charge is -2.37. The smallest absolute Gasteiger partial charge is 0.303 e. The van der Waals surface area contributed by atoms with E-state index in [-0.39, 0.29) is 6.42 Å². The Hall–Kier alpha value is -0.436. The summed E-state index contributed by atoms with van der Waals surface area (Å²) in [6.07, 6.45) is 19.8. The minimum atomic E-state index is -1.69. The molecule has 1 saturated carbocycles. The van der Waals surface area contributed by atoms with Crippen molar-refractivity contribution in [3.63, 3.8) is 0 Å². The van der Waals surface area contributed by atoms with Gasteiger partial charge in [-0.05, 0) is 99.0 Å². The Labute approximate surface area is 258 Å². The summed E-state index contributed by atoms with van der Waals surface area (Å²) in [4.78, 5) is 10.9. The van der Waals surface area contributed by atoms with Crippen molar-refractivity contribution < 1.29 is 18.8 Å². The molecular weight excluding hydrogens is 541 g/mol. The van der Waals surface area contributed by atoms with Crippen molar-refractivity contribution in [2.24, 2.45) is 17.8 Å². The summed E-state index contributed by atoms with van der Waals surface area (Å²) in [6.45, 7) is 18.9. The zero-order chi connectivity index (χ0) is 30.7. The number of carboxylic acids is 1. The van der Waals surface area contributed by atoms with E-state index in [0.29, 0.717) is 30.0 Å². The lowest BCUT2D eigenvalue weighted by Crippen LogP contribution is -2.42. The van der Waals surface area contributed by atoms with Gasteiger partial charge < -0.3 is 14.0 Å². The van der Waals surface area contributed by atoms with Crippen molar-refractivity contribution in [2.45, 2.75) is 187 Å². The van der Waals surface area contributed by atoms with Crippen LogP contribution in [0.25, 0.3) is 0 Å². The van der Waals surface area contributed by atoms with E-state index in [2.05, 4.69) is 67.5 Å². The van der Waals surface area contributed by atoms with Crippen LogP contribution in [-0.2, 0) is 13.6 Å². The van der Waals surface area contributed by atoms with E-state index >= 15 is 0 Å². The first-order chi connectivity index (χ1) is 19.7. The van der Waals surface area contributed by atoms with Crippen molar-refractivity contribution in [1.29, 1.82) is 0 Å². The molecular formula is C35H70O4Si2. The maximum atomic E-state index is 10.9. The summed E-state index contributed by atoms with van der Waals surface area (Å²) < 4.78 is 14.5. The highest BCUT2D eigenvalue weighted by Crippen LogP contribution is 2.46. The highest BCUT2D eigenvalue weighted by Gasteiger charge is 2.44. The maximum Gasteiger partial charge on any atom is 0.303 e. The maximum absolute atomic E-state index is 10.9. The molecule has 0 amide bonds. The second-order valence-electron chi connectivity index (χ2n) is 13.2. The molecule has 1 aliphatic carbocycles. The fourth-order valence-corrected chi connectivity index (χ4v) is 13.2. The molecule has 0 saturated heterocycles. The standard InChI is InChI=1S/C35H70O4Si2/c1-9-16-17-18-21-24-31(38-40(10-2,11-3)12-4)27-28-33-32(25-22-19-20-23-26-35(36)37)30(8)29-34(33)39-41(13-5,14-6)15-7/h19,22,30-34H,9-18,20-21,23-29H2,1-8H3,(H,36,37)/b22-19-/t30-,31-,32-,33+,34+/m0/s1. The number of allylic oxidation sites excluding steroid dienone is 2. The Morgan fingerprint density at radius 3 is 1.98 bits per heavy atom. The van der Waals surface area contributed by atoms with Crippen molar-refractivity contribution in [3.05, 3.63) is 12.2 Å². The number of carbonyl (C=O) groups is 1. The van der Waals surface area contributed by atoms with Gasteiger partial charge in [-0.3, -0.25) is 4.79 Å². The lowest BCUT2D eigenvalue weighted by atomic mass is 9.83. The Morgan fingerprint density at radius 2 is 1.41 bits per heavy atom. The van der Waals surface area contributed by atoms with Crippen molar-refractivity contribution in [1.82, 2.24) is 0 Å². The lowest BCUT2D eigenvalue weighted by molar-refractivity contribution is -0.137. The molecule has 0 spiro atoms. The quantitative estimate of drug-likeness (QED) is 0.0634. The second-order valence-corrected chi connectivity index (χ2v) is 22.6. The highest BCUT2D eigenvalue weighted by molar-refractivity contribution is 6.74. The van der Waals surface area contributed by atoms with E-state index in [4.69, 9.17) is 14.0 Å². The first-order valence-electron chi connectivity index (χ1n) is 17.9. The van der Waals surface area contributed by atoms with Crippen molar-refractivity contribution in [3.8, 4) is 0 Å². The van der Waals surface area contributed by atoms with Crippen LogP contribution in [0.1, 0.15) is 139 Å². The van der Waals surface area contributed by atoms with Crippen molar-refractivity contribution >= 4 is 22.6 Å². The molecule has 0 aromatic rings. The van der Waals surface area contributed by atoms with E-state index < -0.39 is 22.6 Å². The molecule has 1 aliphatic rings. The van der Waals surface area contributed by atoms with Crippen LogP contribution in [0.4, 0.5) is 0 Å². The minimum Gasteiger partial charge on any atom is -0.481 e. The summed E-state index contributed by atoms with van der Waals surface area (Å²) in [5.74, 6) is 1.21. The average molecular weight is 611 g/mol. The molecule has 4 nitrogen and oxygen atoms in total. The van der Waals surface area contributed by atoms with Gasteiger partial charge in [0.05, 0.1) is 0 Å². The fraction of sp³-hybridized carbons (Fsp3) is 0.914. The first kappa shape index (κ1) is 38.6. The highest BCUT2D eigenvalue weighted by atomic mass is 28.4. The molecule has 0 unspecified atom stereocenters. The predicted molar refractivity (Wildman–Crippen MR) is 183 cm³/mol. The average Bonchev–Trinajstić information content (AvgIpc) is 3.27. The molecule has 1 rings (SSSR count). The van der Waals surface area contributed by atoms with E-state index in [1.165, 1.54) is 94.1 Å². The van der Waals surface area contributed by atoms with Crippen LogP contribution in [0, 0.1) is 17.8 Å². The van der Waals surface area contributed by atoms with Gasteiger partial charge in [0.15, 0.2) is 16.6 Å². The molecule has 0 aromatic heterocycles.